The summed E-state index contributed by atoms with van der Waals surface area (Å²) in [5.74, 6) is 0.534. The van der Waals surface area contributed by atoms with Crippen molar-refractivity contribution in [2.24, 2.45) is 35.5 Å². The molecule has 32 heavy (non-hydrogen) atoms. The molecule has 0 aromatic heterocycles. The Labute approximate surface area is 195 Å². The molecule has 1 saturated heterocycles. The molecular formula is C26H23BrN2O3. The van der Waals surface area contributed by atoms with E-state index < -0.39 is 0 Å². The van der Waals surface area contributed by atoms with E-state index in [1.807, 2.05) is 26.0 Å². The molecule has 0 spiro atoms. The second kappa shape index (κ2) is 6.88. The summed E-state index contributed by atoms with van der Waals surface area (Å²) in [6.07, 6.45) is 5.47. The summed E-state index contributed by atoms with van der Waals surface area (Å²) in [5.41, 5.74) is 3.69. The zero-order chi connectivity index (χ0) is 22.3. The van der Waals surface area contributed by atoms with Gasteiger partial charge in [0, 0.05) is 15.7 Å². The van der Waals surface area contributed by atoms with Crippen molar-refractivity contribution in [3.8, 4) is 0 Å². The molecule has 2 aromatic carbocycles. The molecule has 5 nitrogen and oxygen atoms in total. The maximum atomic E-state index is 13.4. The summed E-state index contributed by atoms with van der Waals surface area (Å²) in [7, 11) is 0. The van der Waals surface area contributed by atoms with Crippen molar-refractivity contribution in [3.05, 3.63) is 69.7 Å². The third-order valence-electron chi connectivity index (χ3n) is 8.00. The Balaban J connectivity index is 1.28. The van der Waals surface area contributed by atoms with Crippen molar-refractivity contribution in [3.63, 3.8) is 0 Å². The molecule has 6 atom stereocenters. The van der Waals surface area contributed by atoms with Crippen LogP contribution in [-0.2, 0) is 9.59 Å². The molecule has 1 N–H and O–H groups in total. The highest BCUT2D eigenvalue weighted by Crippen LogP contribution is 2.65. The van der Waals surface area contributed by atoms with E-state index in [2.05, 4.69) is 33.4 Å². The molecule has 3 amide bonds. The smallest absolute Gasteiger partial charge is 0.255 e. The number of allylic oxidation sites excluding steroid dienone is 2. The summed E-state index contributed by atoms with van der Waals surface area (Å²) >= 11 is 3.51. The van der Waals surface area contributed by atoms with Crippen LogP contribution < -0.4 is 10.2 Å². The first-order valence-corrected chi connectivity index (χ1v) is 11.9. The van der Waals surface area contributed by atoms with Crippen molar-refractivity contribution in [2.75, 3.05) is 10.2 Å². The number of benzene rings is 2. The maximum Gasteiger partial charge on any atom is 0.255 e. The average Bonchev–Trinajstić information content (AvgIpc) is 3.57. The van der Waals surface area contributed by atoms with Gasteiger partial charge in [0.15, 0.2) is 0 Å². The molecule has 1 aliphatic heterocycles. The van der Waals surface area contributed by atoms with Gasteiger partial charge in [0.1, 0.15) is 0 Å². The van der Waals surface area contributed by atoms with Crippen molar-refractivity contribution >= 4 is 45.0 Å². The number of hydrogen-bond acceptors (Lipinski definition) is 3. The molecule has 7 rings (SSSR count). The van der Waals surface area contributed by atoms with Crippen LogP contribution in [-0.4, -0.2) is 17.7 Å². The third-order valence-corrected chi connectivity index (χ3v) is 8.86. The lowest BCUT2D eigenvalue weighted by Crippen LogP contribution is -2.40. The fourth-order valence-corrected chi connectivity index (χ4v) is 6.54. The second-order valence-electron chi connectivity index (χ2n) is 9.52. The van der Waals surface area contributed by atoms with Crippen molar-refractivity contribution in [2.45, 2.75) is 20.3 Å². The Kier molecular flexibility index (Phi) is 4.28. The van der Waals surface area contributed by atoms with Gasteiger partial charge in [-0.05, 0) is 85.4 Å². The molecule has 0 radical (unpaired) electrons. The molecule has 5 aliphatic rings. The number of carbonyl (C=O) groups excluding carboxylic acids is 3. The molecule has 6 heteroatoms. The number of anilines is 2. The van der Waals surface area contributed by atoms with Crippen molar-refractivity contribution in [1.82, 2.24) is 0 Å². The van der Waals surface area contributed by atoms with E-state index in [0.717, 1.165) is 27.7 Å². The maximum absolute atomic E-state index is 13.4. The second-order valence-corrected chi connectivity index (χ2v) is 10.4. The van der Waals surface area contributed by atoms with Crippen molar-refractivity contribution < 1.29 is 14.4 Å². The van der Waals surface area contributed by atoms with Crippen LogP contribution in [0.2, 0.25) is 0 Å². The minimum atomic E-state index is -0.267. The molecule has 1 heterocycles. The SMILES string of the molecule is Cc1c(Br)ccc(NC(=O)c2cccc(N3C(=O)[C@H]4[C@@H]5C=C[C@@H]([C@H]6C[C@H]56)[C@@H]4C3=O)c2)c1C. The van der Waals surface area contributed by atoms with Crippen molar-refractivity contribution in [1.29, 1.82) is 0 Å². The number of nitrogens with one attached hydrogen (secondary N) is 1. The number of nitrogens with zero attached hydrogens (tertiary/aromatic N) is 1. The molecule has 3 fully saturated rings. The fraction of sp³-hybridized carbons (Fsp3) is 0.346. The summed E-state index contributed by atoms with van der Waals surface area (Å²) in [6.45, 7) is 3.95. The standard InChI is InChI=1S/C26H23BrN2O3/c1-12-13(2)21(9-8-20(12)27)28-24(30)14-4-3-5-15(10-14)29-25(31)22-16-6-7-17(19-11-18(16)19)23(22)26(29)32/h3-10,16-19,22-23H,11H2,1-2H3,(H,28,30)/t16-,17+,18-,19-,22+,23+/m1/s1. The zero-order valence-corrected chi connectivity index (χ0v) is 19.4. The Hall–Kier alpha value is -2.73. The van der Waals surface area contributed by atoms with Gasteiger partial charge < -0.3 is 5.32 Å². The van der Waals surface area contributed by atoms with Crippen LogP contribution in [0.5, 0.6) is 0 Å². The van der Waals surface area contributed by atoms with Crippen LogP contribution in [0.1, 0.15) is 27.9 Å². The van der Waals surface area contributed by atoms with Crippen LogP contribution in [0.25, 0.3) is 0 Å². The van der Waals surface area contributed by atoms with Crippen LogP contribution in [0.15, 0.2) is 53.0 Å². The number of amides is 3. The lowest BCUT2D eigenvalue weighted by atomic mass is 9.63. The third kappa shape index (κ3) is 2.71. The van der Waals surface area contributed by atoms with Gasteiger partial charge in [0.05, 0.1) is 17.5 Å². The van der Waals surface area contributed by atoms with Gasteiger partial charge in [-0.15, -0.1) is 0 Å². The summed E-state index contributed by atoms with van der Waals surface area (Å²) in [6, 6.07) is 10.6. The molecule has 2 saturated carbocycles. The lowest BCUT2D eigenvalue weighted by molar-refractivity contribution is -0.124. The number of rotatable bonds is 3. The van der Waals surface area contributed by atoms with E-state index >= 15 is 0 Å². The Morgan fingerprint density at radius 3 is 2.28 bits per heavy atom. The molecule has 2 aromatic rings. The normalized spacial score (nSPS) is 31.5. The van der Waals surface area contributed by atoms with Crippen LogP contribution in [0.4, 0.5) is 11.4 Å². The molecular weight excluding hydrogens is 468 g/mol. The Bertz CT molecular complexity index is 1200. The topological polar surface area (TPSA) is 66.5 Å². The molecule has 2 bridgehead atoms. The monoisotopic (exact) mass is 490 g/mol. The van der Waals surface area contributed by atoms with E-state index in [4.69, 9.17) is 0 Å². The van der Waals surface area contributed by atoms with E-state index in [-0.39, 0.29) is 41.4 Å². The average molecular weight is 491 g/mol. The minimum Gasteiger partial charge on any atom is -0.322 e. The predicted octanol–water partition coefficient (Wildman–Crippen LogP) is 4.88. The number of carbonyl (C=O) groups is 3. The van der Waals surface area contributed by atoms with Gasteiger partial charge in [0.25, 0.3) is 5.91 Å². The highest BCUT2D eigenvalue weighted by Gasteiger charge is 2.67. The van der Waals surface area contributed by atoms with Gasteiger partial charge in [-0.25, -0.2) is 4.90 Å². The fourth-order valence-electron chi connectivity index (χ4n) is 6.12. The van der Waals surface area contributed by atoms with E-state index in [1.165, 1.54) is 4.90 Å². The van der Waals surface area contributed by atoms with Crippen LogP contribution >= 0.6 is 15.9 Å². The highest BCUT2D eigenvalue weighted by molar-refractivity contribution is 9.10. The lowest BCUT2D eigenvalue weighted by Gasteiger charge is -2.37. The van der Waals surface area contributed by atoms with Crippen LogP contribution in [0.3, 0.4) is 0 Å². The van der Waals surface area contributed by atoms with Gasteiger partial charge in [-0.1, -0.05) is 34.1 Å². The van der Waals surface area contributed by atoms with E-state index in [9.17, 15) is 14.4 Å². The van der Waals surface area contributed by atoms with Gasteiger partial charge in [-0.3, -0.25) is 14.4 Å². The van der Waals surface area contributed by atoms with E-state index in [0.29, 0.717) is 23.1 Å². The molecule has 162 valence electrons. The first-order valence-electron chi connectivity index (χ1n) is 11.1. The predicted molar refractivity (Wildman–Crippen MR) is 125 cm³/mol. The van der Waals surface area contributed by atoms with Gasteiger partial charge in [0.2, 0.25) is 11.8 Å². The first-order chi connectivity index (χ1) is 15.4. The summed E-state index contributed by atoms with van der Waals surface area (Å²) in [5, 5.41) is 2.96. The number of halogens is 1. The first kappa shape index (κ1) is 19.9. The Morgan fingerprint density at radius 2 is 1.62 bits per heavy atom. The number of imide groups is 1. The zero-order valence-electron chi connectivity index (χ0n) is 17.8. The van der Waals surface area contributed by atoms with Gasteiger partial charge >= 0.3 is 0 Å². The Morgan fingerprint density at radius 1 is 0.969 bits per heavy atom. The van der Waals surface area contributed by atoms with Crippen LogP contribution in [0, 0.1) is 49.4 Å². The number of hydrogen-bond donors (Lipinski definition) is 1. The minimum absolute atomic E-state index is 0.110. The summed E-state index contributed by atoms with van der Waals surface area (Å²) in [4.78, 5) is 41.0. The largest absolute Gasteiger partial charge is 0.322 e. The molecule has 0 unspecified atom stereocenters. The highest BCUT2D eigenvalue weighted by atomic mass is 79.9. The van der Waals surface area contributed by atoms with E-state index in [1.54, 1.807) is 24.3 Å². The van der Waals surface area contributed by atoms with Gasteiger partial charge in [-0.2, -0.15) is 0 Å². The quantitative estimate of drug-likeness (QED) is 0.492. The summed E-state index contributed by atoms with van der Waals surface area (Å²) < 4.78 is 0.989. The molecule has 4 aliphatic carbocycles.